The van der Waals surface area contributed by atoms with Crippen LogP contribution in [0.4, 0.5) is 13.2 Å². The van der Waals surface area contributed by atoms with E-state index in [9.17, 15) is 18.0 Å². The third-order valence-electron chi connectivity index (χ3n) is 3.71. The zero-order valence-electron chi connectivity index (χ0n) is 14.8. The zero-order valence-corrected chi connectivity index (χ0v) is 17.1. The van der Waals surface area contributed by atoms with E-state index in [1.54, 1.807) is 11.9 Å². The molecule has 0 aliphatic heterocycles. The number of hydrogen-bond acceptors (Lipinski definition) is 2. The van der Waals surface area contributed by atoms with Crippen molar-refractivity contribution in [3.05, 3.63) is 35.4 Å². The number of nitrogens with zero attached hydrogens (tertiary/aromatic N) is 2. The van der Waals surface area contributed by atoms with E-state index < -0.39 is 11.7 Å². The SMILES string of the molecule is CCNC(=NCC(=O)NC1CC1)N(C)Cc1ccc(C(F)(F)F)cc1.I. The van der Waals surface area contributed by atoms with Crippen molar-refractivity contribution in [2.24, 2.45) is 4.99 Å². The first-order chi connectivity index (χ1) is 11.8. The highest BCUT2D eigenvalue weighted by Crippen LogP contribution is 2.29. The van der Waals surface area contributed by atoms with E-state index in [1.807, 2.05) is 6.92 Å². The van der Waals surface area contributed by atoms with Gasteiger partial charge in [-0.1, -0.05) is 12.1 Å². The summed E-state index contributed by atoms with van der Waals surface area (Å²) in [4.78, 5) is 17.8. The molecule has 26 heavy (non-hydrogen) atoms. The van der Waals surface area contributed by atoms with Gasteiger partial charge < -0.3 is 15.5 Å². The molecule has 0 spiro atoms. The van der Waals surface area contributed by atoms with Gasteiger partial charge in [-0.2, -0.15) is 13.2 Å². The summed E-state index contributed by atoms with van der Waals surface area (Å²) in [5.74, 6) is 0.411. The molecule has 0 radical (unpaired) electrons. The lowest BCUT2D eigenvalue weighted by atomic mass is 10.1. The summed E-state index contributed by atoms with van der Waals surface area (Å²) in [5, 5.41) is 5.94. The van der Waals surface area contributed by atoms with Gasteiger partial charge in [0.1, 0.15) is 6.54 Å². The third kappa shape index (κ3) is 7.38. The summed E-state index contributed by atoms with van der Waals surface area (Å²) in [5.41, 5.74) is 0.0553. The number of halogens is 4. The first-order valence-electron chi connectivity index (χ1n) is 8.24. The Bertz CT molecular complexity index is 615. The largest absolute Gasteiger partial charge is 0.416 e. The second kappa shape index (κ2) is 9.98. The standard InChI is InChI=1S/C17H23F3N4O.HI/c1-3-21-16(22-10-15(25)23-14-8-9-14)24(2)11-12-4-6-13(7-5-12)17(18,19)20;/h4-7,14H,3,8-11H2,1-2H3,(H,21,22)(H,23,25);1H. The van der Waals surface area contributed by atoms with Crippen molar-refractivity contribution in [2.75, 3.05) is 20.1 Å². The normalized spacial score (nSPS) is 14.4. The minimum Gasteiger partial charge on any atom is -0.357 e. The number of carbonyl (C=O) groups is 1. The topological polar surface area (TPSA) is 56.7 Å². The number of aliphatic imine (C=N–C) groups is 1. The fourth-order valence-electron chi connectivity index (χ4n) is 2.27. The molecule has 1 aliphatic carbocycles. The number of hydrogen-bond donors (Lipinski definition) is 2. The summed E-state index contributed by atoms with van der Waals surface area (Å²) in [6, 6.07) is 5.31. The summed E-state index contributed by atoms with van der Waals surface area (Å²) in [7, 11) is 1.78. The third-order valence-corrected chi connectivity index (χ3v) is 3.71. The molecule has 0 atom stereocenters. The molecule has 5 nitrogen and oxygen atoms in total. The second-order valence-electron chi connectivity index (χ2n) is 6.06. The highest BCUT2D eigenvalue weighted by molar-refractivity contribution is 14.0. The zero-order chi connectivity index (χ0) is 18.4. The van der Waals surface area contributed by atoms with Gasteiger partial charge in [0.2, 0.25) is 5.91 Å². The summed E-state index contributed by atoms with van der Waals surface area (Å²) < 4.78 is 37.8. The Morgan fingerprint density at radius 2 is 1.88 bits per heavy atom. The molecule has 2 N–H and O–H groups in total. The van der Waals surface area contributed by atoms with Crippen molar-refractivity contribution in [2.45, 2.75) is 38.5 Å². The highest BCUT2D eigenvalue weighted by atomic mass is 127. The van der Waals surface area contributed by atoms with Crippen molar-refractivity contribution in [1.82, 2.24) is 15.5 Å². The summed E-state index contributed by atoms with van der Waals surface area (Å²) >= 11 is 0. The predicted molar refractivity (Wildman–Crippen MR) is 105 cm³/mol. The number of rotatable bonds is 6. The smallest absolute Gasteiger partial charge is 0.357 e. The number of alkyl halides is 3. The van der Waals surface area contributed by atoms with Crippen LogP contribution in [0.2, 0.25) is 0 Å². The number of guanidine groups is 1. The Kier molecular flexibility index (Phi) is 8.65. The minimum absolute atomic E-state index is 0. The molecule has 1 aromatic carbocycles. The molecule has 2 rings (SSSR count). The molecular weight excluding hydrogens is 460 g/mol. The molecular formula is C17H24F3IN4O. The molecule has 0 saturated heterocycles. The highest BCUT2D eigenvalue weighted by Gasteiger charge is 2.30. The van der Waals surface area contributed by atoms with Crippen LogP contribution in [0.3, 0.4) is 0 Å². The fourth-order valence-corrected chi connectivity index (χ4v) is 2.27. The number of benzene rings is 1. The van der Waals surface area contributed by atoms with E-state index in [1.165, 1.54) is 12.1 Å². The average Bonchev–Trinajstić information content (AvgIpc) is 3.35. The van der Waals surface area contributed by atoms with Gasteiger partial charge in [-0.25, -0.2) is 4.99 Å². The molecule has 1 saturated carbocycles. The molecule has 1 amide bonds. The van der Waals surface area contributed by atoms with E-state index in [0.29, 0.717) is 19.0 Å². The molecule has 0 bridgehead atoms. The molecule has 1 fully saturated rings. The van der Waals surface area contributed by atoms with Gasteiger partial charge in [0.25, 0.3) is 0 Å². The van der Waals surface area contributed by atoms with E-state index in [2.05, 4.69) is 15.6 Å². The van der Waals surface area contributed by atoms with Gasteiger partial charge in [0.15, 0.2) is 5.96 Å². The van der Waals surface area contributed by atoms with E-state index in [0.717, 1.165) is 30.5 Å². The van der Waals surface area contributed by atoms with Crippen molar-refractivity contribution in [1.29, 1.82) is 0 Å². The Morgan fingerprint density at radius 3 is 2.38 bits per heavy atom. The monoisotopic (exact) mass is 484 g/mol. The first kappa shape index (κ1) is 22.5. The van der Waals surface area contributed by atoms with Gasteiger partial charge in [0.05, 0.1) is 5.56 Å². The van der Waals surface area contributed by atoms with Gasteiger partial charge in [-0.05, 0) is 37.5 Å². The van der Waals surface area contributed by atoms with E-state index >= 15 is 0 Å². The van der Waals surface area contributed by atoms with Crippen LogP contribution >= 0.6 is 24.0 Å². The maximum atomic E-state index is 12.6. The van der Waals surface area contributed by atoms with Crippen LogP contribution in [-0.2, 0) is 17.5 Å². The second-order valence-corrected chi connectivity index (χ2v) is 6.06. The minimum atomic E-state index is -4.34. The molecule has 1 aliphatic rings. The van der Waals surface area contributed by atoms with Crippen LogP contribution in [0.5, 0.6) is 0 Å². The van der Waals surface area contributed by atoms with Crippen LogP contribution in [0.15, 0.2) is 29.3 Å². The summed E-state index contributed by atoms with van der Waals surface area (Å²) in [6.07, 6.45) is -2.30. The average molecular weight is 484 g/mol. The maximum absolute atomic E-state index is 12.6. The van der Waals surface area contributed by atoms with Crippen molar-refractivity contribution in [3.8, 4) is 0 Å². The first-order valence-corrected chi connectivity index (χ1v) is 8.24. The predicted octanol–water partition coefficient (Wildman–Crippen LogP) is 3.00. The van der Waals surface area contributed by atoms with Crippen LogP contribution in [0.1, 0.15) is 30.9 Å². The van der Waals surface area contributed by atoms with Crippen molar-refractivity contribution >= 4 is 35.8 Å². The van der Waals surface area contributed by atoms with Crippen LogP contribution in [-0.4, -0.2) is 42.9 Å². The lowest BCUT2D eigenvalue weighted by Crippen LogP contribution is -2.39. The van der Waals surface area contributed by atoms with Crippen molar-refractivity contribution in [3.63, 3.8) is 0 Å². The van der Waals surface area contributed by atoms with Gasteiger partial charge >= 0.3 is 6.18 Å². The molecule has 1 aromatic rings. The van der Waals surface area contributed by atoms with Crippen LogP contribution in [0.25, 0.3) is 0 Å². The lowest BCUT2D eigenvalue weighted by molar-refractivity contribution is -0.137. The Labute approximate surface area is 168 Å². The number of amides is 1. The Balaban J connectivity index is 0.00000338. The molecule has 9 heteroatoms. The number of nitrogens with one attached hydrogen (secondary N) is 2. The molecule has 0 heterocycles. The summed E-state index contributed by atoms with van der Waals surface area (Å²) in [6.45, 7) is 2.94. The van der Waals surface area contributed by atoms with Crippen molar-refractivity contribution < 1.29 is 18.0 Å². The number of carbonyl (C=O) groups excluding carboxylic acids is 1. The molecule has 0 aromatic heterocycles. The maximum Gasteiger partial charge on any atom is 0.416 e. The van der Waals surface area contributed by atoms with E-state index in [-0.39, 0.29) is 42.5 Å². The quantitative estimate of drug-likeness (QED) is 0.371. The van der Waals surface area contributed by atoms with Gasteiger partial charge in [0, 0.05) is 26.2 Å². The Hall–Kier alpha value is -1.52. The molecule has 146 valence electrons. The fraction of sp³-hybridized carbons (Fsp3) is 0.529. The van der Waals surface area contributed by atoms with E-state index in [4.69, 9.17) is 0 Å². The van der Waals surface area contributed by atoms with Gasteiger partial charge in [-0.3, -0.25) is 4.79 Å². The molecule has 0 unspecified atom stereocenters. The Morgan fingerprint density at radius 1 is 1.27 bits per heavy atom. The van der Waals surface area contributed by atoms with Crippen LogP contribution < -0.4 is 10.6 Å². The van der Waals surface area contributed by atoms with Gasteiger partial charge in [-0.15, -0.1) is 24.0 Å². The lowest BCUT2D eigenvalue weighted by Gasteiger charge is -2.22. The van der Waals surface area contributed by atoms with Crippen LogP contribution in [0, 0.1) is 0 Å².